The molecule has 0 saturated carbocycles. The van der Waals surface area contributed by atoms with Gasteiger partial charge >= 0.3 is 0 Å². The molecule has 2 heterocycles. The van der Waals surface area contributed by atoms with E-state index in [0.29, 0.717) is 37.4 Å². The number of nitrogens with zero attached hydrogens (tertiary/aromatic N) is 2. The summed E-state index contributed by atoms with van der Waals surface area (Å²) in [5.41, 5.74) is 0.968. The Balaban J connectivity index is 1.68. The van der Waals surface area contributed by atoms with Crippen LogP contribution in [-0.4, -0.2) is 58.5 Å². The number of hydrogen-bond donors (Lipinski definition) is 1. The number of amides is 2. The predicted octanol–water partition coefficient (Wildman–Crippen LogP) is 1.08. The van der Waals surface area contributed by atoms with Gasteiger partial charge in [-0.25, -0.2) is 0 Å². The Morgan fingerprint density at radius 3 is 2.82 bits per heavy atom. The molecule has 0 aromatic heterocycles. The van der Waals surface area contributed by atoms with Crippen LogP contribution in [0.15, 0.2) is 24.3 Å². The molecule has 0 bridgehead atoms. The van der Waals surface area contributed by atoms with Crippen molar-refractivity contribution in [1.82, 2.24) is 9.80 Å². The fourth-order valence-corrected chi connectivity index (χ4v) is 3.40. The highest BCUT2D eigenvalue weighted by Crippen LogP contribution is 2.24. The number of aliphatic hydroxyl groups is 1. The lowest BCUT2D eigenvalue weighted by Gasteiger charge is -2.44. The number of piperidine rings is 1. The number of benzene rings is 1. The molecule has 1 N–H and O–H groups in total. The van der Waals surface area contributed by atoms with E-state index in [1.165, 1.54) is 0 Å². The standard InChI is InChI=1S/C16H19ClN2O3/c17-13-4-2-1-3-11(13)5-7-18-10-15(21)19-8-6-12(20)9-14(19)16(18)22/h1-4,12,14,20H,5-10H2/t12-,14+/m1/s1. The number of carbonyl (C=O) groups is 2. The normalized spacial score (nSPS) is 25.4. The van der Waals surface area contributed by atoms with Gasteiger partial charge in [0.1, 0.15) is 6.04 Å². The molecule has 2 aliphatic heterocycles. The highest BCUT2D eigenvalue weighted by molar-refractivity contribution is 6.31. The van der Waals surface area contributed by atoms with Crippen molar-refractivity contribution >= 4 is 23.4 Å². The van der Waals surface area contributed by atoms with E-state index in [2.05, 4.69) is 0 Å². The molecule has 2 fully saturated rings. The summed E-state index contributed by atoms with van der Waals surface area (Å²) in [6.07, 6.45) is 1.01. The second-order valence-electron chi connectivity index (χ2n) is 5.88. The fourth-order valence-electron chi connectivity index (χ4n) is 3.17. The largest absolute Gasteiger partial charge is 0.393 e. The highest BCUT2D eigenvalue weighted by Gasteiger charge is 2.42. The molecule has 6 heteroatoms. The number of piperazine rings is 1. The van der Waals surface area contributed by atoms with E-state index in [1.807, 2.05) is 24.3 Å². The zero-order chi connectivity index (χ0) is 15.7. The van der Waals surface area contributed by atoms with Crippen molar-refractivity contribution < 1.29 is 14.7 Å². The van der Waals surface area contributed by atoms with Gasteiger partial charge in [0.05, 0.1) is 12.6 Å². The van der Waals surface area contributed by atoms with Gasteiger partial charge in [-0.15, -0.1) is 0 Å². The van der Waals surface area contributed by atoms with Crippen molar-refractivity contribution in [3.8, 4) is 0 Å². The van der Waals surface area contributed by atoms with Crippen LogP contribution >= 0.6 is 11.6 Å². The summed E-state index contributed by atoms with van der Waals surface area (Å²) in [5, 5.41) is 10.4. The van der Waals surface area contributed by atoms with Crippen LogP contribution in [0.4, 0.5) is 0 Å². The molecule has 2 saturated heterocycles. The van der Waals surface area contributed by atoms with E-state index in [1.54, 1.807) is 9.80 Å². The molecule has 5 nitrogen and oxygen atoms in total. The molecule has 0 radical (unpaired) electrons. The molecule has 118 valence electrons. The Morgan fingerprint density at radius 2 is 2.05 bits per heavy atom. The van der Waals surface area contributed by atoms with Gasteiger partial charge in [-0.05, 0) is 24.5 Å². The van der Waals surface area contributed by atoms with Gasteiger partial charge in [0.25, 0.3) is 0 Å². The average molecular weight is 323 g/mol. The van der Waals surface area contributed by atoms with E-state index in [-0.39, 0.29) is 18.4 Å². The smallest absolute Gasteiger partial charge is 0.245 e. The van der Waals surface area contributed by atoms with Gasteiger partial charge in [-0.2, -0.15) is 0 Å². The van der Waals surface area contributed by atoms with Crippen LogP contribution in [0.3, 0.4) is 0 Å². The Kier molecular flexibility index (Phi) is 4.36. The number of fused-ring (bicyclic) bond motifs is 1. The summed E-state index contributed by atoms with van der Waals surface area (Å²) in [5.74, 6) is -0.0962. The van der Waals surface area contributed by atoms with Crippen molar-refractivity contribution in [3.05, 3.63) is 34.9 Å². The van der Waals surface area contributed by atoms with Crippen LogP contribution in [0, 0.1) is 0 Å². The lowest BCUT2D eigenvalue weighted by molar-refractivity contribution is -0.160. The van der Waals surface area contributed by atoms with Gasteiger partial charge in [-0.3, -0.25) is 9.59 Å². The first-order valence-corrected chi connectivity index (χ1v) is 7.94. The van der Waals surface area contributed by atoms with Crippen LogP contribution in [0.25, 0.3) is 0 Å². The van der Waals surface area contributed by atoms with Crippen LogP contribution in [0.2, 0.25) is 5.02 Å². The summed E-state index contributed by atoms with van der Waals surface area (Å²) in [6, 6.07) is 7.01. The molecule has 2 aliphatic rings. The minimum absolute atomic E-state index is 0.0318. The van der Waals surface area contributed by atoms with Crippen LogP contribution < -0.4 is 0 Å². The quantitative estimate of drug-likeness (QED) is 0.906. The topological polar surface area (TPSA) is 60.9 Å². The first kappa shape index (κ1) is 15.3. The molecule has 0 aliphatic carbocycles. The van der Waals surface area contributed by atoms with E-state index >= 15 is 0 Å². The zero-order valence-electron chi connectivity index (χ0n) is 12.2. The zero-order valence-corrected chi connectivity index (χ0v) is 13.0. The van der Waals surface area contributed by atoms with Crippen molar-refractivity contribution in [2.45, 2.75) is 31.4 Å². The summed E-state index contributed by atoms with van der Waals surface area (Å²) in [4.78, 5) is 27.9. The van der Waals surface area contributed by atoms with Gasteiger partial charge in [0.15, 0.2) is 0 Å². The third-order valence-corrected chi connectivity index (χ3v) is 4.80. The number of halogens is 1. The number of aliphatic hydroxyl groups excluding tert-OH is 1. The number of rotatable bonds is 3. The Hall–Kier alpha value is -1.59. The average Bonchev–Trinajstić information content (AvgIpc) is 2.50. The molecule has 0 spiro atoms. The van der Waals surface area contributed by atoms with Gasteiger partial charge in [-0.1, -0.05) is 29.8 Å². The third-order valence-electron chi connectivity index (χ3n) is 4.43. The van der Waals surface area contributed by atoms with Crippen molar-refractivity contribution in [2.75, 3.05) is 19.6 Å². The number of carbonyl (C=O) groups excluding carboxylic acids is 2. The molecule has 2 atom stereocenters. The van der Waals surface area contributed by atoms with Crippen molar-refractivity contribution in [3.63, 3.8) is 0 Å². The fraction of sp³-hybridized carbons (Fsp3) is 0.500. The second-order valence-corrected chi connectivity index (χ2v) is 6.29. The van der Waals surface area contributed by atoms with Crippen LogP contribution in [0.1, 0.15) is 18.4 Å². The minimum Gasteiger partial charge on any atom is -0.393 e. The lowest BCUT2D eigenvalue weighted by Crippen LogP contribution is -2.63. The Morgan fingerprint density at radius 1 is 1.27 bits per heavy atom. The summed E-state index contributed by atoms with van der Waals surface area (Å²) < 4.78 is 0. The maximum absolute atomic E-state index is 12.5. The van der Waals surface area contributed by atoms with Crippen LogP contribution in [-0.2, 0) is 16.0 Å². The molecule has 1 aromatic rings. The molecular weight excluding hydrogens is 304 g/mol. The first-order chi connectivity index (χ1) is 10.6. The van der Waals surface area contributed by atoms with Gasteiger partial charge in [0, 0.05) is 24.5 Å². The molecular formula is C16H19ClN2O3. The Bertz CT molecular complexity index is 593. The maximum Gasteiger partial charge on any atom is 0.245 e. The summed E-state index contributed by atoms with van der Waals surface area (Å²) in [7, 11) is 0. The lowest BCUT2D eigenvalue weighted by atomic mass is 9.96. The van der Waals surface area contributed by atoms with Gasteiger partial charge in [0.2, 0.25) is 11.8 Å². The molecule has 22 heavy (non-hydrogen) atoms. The highest BCUT2D eigenvalue weighted by atomic mass is 35.5. The Labute approximate surface area is 134 Å². The summed E-state index contributed by atoms with van der Waals surface area (Å²) >= 11 is 6.13. The molecule has 2 amide bonds. The predicted molar refractivity (Wildman–Crippen MR) is 82.5 cm³/mol. The van der Waals surface area contributed by atoms with Crippen molar-refractivity contribution in [2.24, 2.45) is 0 Å². The van der Waals surface area contributed by atoms with E-state index < -0.39 is 12.1 Å². The SMILES string of the molecule is O=C1[C@@H]2C[C@H](O)CCN2C(=O)CN1CCc1ccccc1Cl. The first-order valence-electron chi connectivity index (χ1n) is 7.56. The van der Waals surface area contributed by atoms with Gasteiger partial charge < -0.3 is 14.9 Å². The third kappa shape index (κ3) is 2.96. The van der Waals surface area contributed by atoms with E-state index in [9.17, 15) is 14.7 Å². The number of hydrogen-bond acceptors (Lipinski definition) is 3. The molecule has 0 unspecified atom stereocenters. The van der Waals surface area contributed by atoms with Crippen LogP contribution in [0.5, 0.6) is 0 Å². The molecule has 1 aromatic carbocycles. The maximum atomic E-state index is 12.5. The summed E-state index contributed by atoms with van der Waals surface area (Å²) in [6.45, 7) is 1.05. The minimum atomic E-state index is -0.503. The monoisotopic (exact) mass is 322 g/mol. The molecule has 3 rings (SSSR count). The van der Waals surface area contributed by atoms with E-state index in [4.69, 9.17) is 11.6 Å². The van der Waals surface area contributed by atoms with Crippen molar-refractivity contribution in [1.29, 1.82) is 0 Å². The van der Waals surface area contributed by atoms with E-state index in [0.717, 1.165) is 5.56 Å². The second kappa shape index (κ2) is 6.26.